The van der Waals surface area contributed by atoms with E-state index in [0.717, 1.165) is 30.4 Å². The summed E-state index contributed by atoms with van der Waals surface area (Å²) in [5.41, 5.74) is 2.75. The molecular weight excluding hydrogens is 514 g/mol. The van der Waals surface area contributed by atoms with Crippen LogP contribution in [0.2, 0.25) is 5.02 Å². The van der Waals surface area contributed by atoms with Gasteiger partial charge in [-0.1, -0.05) is 60.1 Å². The van der Waals surface area contributed by atoms with E-state index < -0.39 is 6.04 Å². The van der Waals surface area contributed by atoms with Crippen molar-refractivity contribution in [1.82, 2.24) is 10.2 Å². The second-order valence-corrected chi connectivity index (χ2v) is 10.3. The van der Waals surface area contributed by atoms with Crippen LogP contribution in [0.4, 0.5) is 5.69 Å². The molecule has 5 rings (SSSR count). The van der Waals surface area contributed by atoms with Gasteiger partial charge in [-0.05, 0) is 54.3 Å². The highest BCUT2D eigenvalue weighted by atomic mass is 35.5. The number of ether oxygens (including phenoxy) is 2. The number of amides is 2. The Kier molecular flexibility index (Phi) is 9.14. The molecule has 3 aromatic carbocycles. The fourth-order valence-electron chi connectivity index (χ4n) is 4.78. The third kappa shape index (κ3) is 7.18. The second kappa shape index (κ2) is 13.1. The molecule has 7 nitrogen and oxygen atoms in total. The van der Waals surface area contributed by atoms with Gasteiger partial charge in [0, 0.05) is 36.3 Å². The van der Waals surface area contributed by atoms with Crippen LogP contribution in [-0.4, -0.2) is 55.1 Å². The van der Waals surface area contributed by atoms with Crippen LogP contribution in [0.15, 0.2) is 78.9 Å². The van der Waals surface area contributed by atoms with E-state index in [1.54, 1.807) is 4.90 Å². The predicted molar refractivity (Wildman–Crippen MR) is 152 cm³/mol. The van der Waals surface area contributed by atoms with Crippen molar-refractivity contribution in [3.05, 3.63) is 95.0 Å². The third-order valence-corrected chi connectivity index (χ3v) is 7.35. The highest BCUT2D eigenvalue weighted by Gasteiger charge is 2.41. The Morgan fingerprint density at radius 2 is 1.72 bits per heavy atom. The molecule has 1 saturated heterocycles. The molecule has 3 aromatic rings. The number of benzene rings is 3. The zero-order chi connectivity index (χ0) is 27.0. The topological polar surface area (TPSA) is 71.1 Å². The Morgan fingerprint density at radius 1 is 0.974 bits per heavy atom. The summed E-state index contributed by atoms with van der Waals surface area (Å²) in [5.74, 6) is 0.525. The number of piperazine rings is 1. The minimum atomic E-state index is -0.622. The van der Waals surface area contributed by atoms with E-state index in [1.165, 1.54) is 0 Å². The number of nitrogens with one attached hydrogen (secondary N) is 1. The first kappa shape index (κ1) is 27.2. The van der Waals surface area contributed by atoms with E-state index in [1.807, 2.05) is 83.8 Å². The molecule has 0 aromatic heterocycles. The summed E-state index contributed by atoms with van der Waals surface area (Å²) < 4.78 is 11.6. The van der Waals surface area contributed by atoms with Gasteiger partial charge in [0.05, 0.1) is 26.4 Å². The van der Waals surface area contributed by atoms with Crippen LogP contribution >= 0.6 is 11.6 Å². The van der Waals surface area contributed by atoms with Gasteiger partial charge in [0.15, 0.2) is 0 Å². The first-order valence-electron chi connectivity index (χ1n) is 13.5. The van der Waals surface area contributed by atoms with E-state index in [2.05, 4.69) is 5.32 Å². The zero-order valence-electron chi connectivity index (χ0n) is 21.9. The summed E-state index contributed by atoms with van der Waals surface area (Å²) in [6.07, 6.45) is 2.70. The average Bonchev–Trinajstić information content (AvgIpc) is 3.80. The number of rotatable bonds is 12. The third-order valence-electron chi connectivity index (χ3n) is 6.98. The minimum absolute atomic E-state index is 0.0613. The maximum absolute atomic E-state index is 13.8. The van der Waals surface area contributed by atoms with Crippen molar-refractivity contribution in [3.8, 4) is 5.75 Å². The molecule has 1 heterocycles. The van der Waals surface area contributed by atoms with Crippen LogP contribution in [-0.2, 0) is 27.5 Å². The van der Waals surface area contributed by atoms with Gasteiger partial charge < -0.3 is 19.7 Å². The molecule has 2 aliphatic rings. The number of hydrogen-bond donors (Lipinski definition) is 1. The lowest BCUT2D eigenvalue weighted by molar-refractivity contribution is -0.136. The highest BCUT2D eigenvalue weighted by molar-refractivity contribution is 6.31. The Balaban J connectivity index is 1.18. The summed E-state index contributed by atoms with van der Waals surface area (Å²) in [7, 11) is 0. The Labute approximate surface area is 234 Å². The van der Waals surface area contributed by atoms with Gasteiger partial charge in [-0.3, -0.25) is 14.5 Å². The van der Waals surface area contributed by atoms with Gasteiger partial charge >= 0.3 is 0 Å². The van der Waals surface area contributed by atoms with Crippen molar-refractivity contribution in [1.29, 1.82) is 0 Å². The molecule has 8 heteroatoms. The molecular formula is C31H34ClN3O4. The van der Waals surface area contributed by atoms with E-state index in [4.69, 9.17) is 21.1 Å². The zero-order valence-corrected chi connectivity index (χ0v) is 22.7. The lowest BCUT2D eigenvalue weighted by atomic mass is 10.1. The molecule has 0 bridgehead atoms. The quantitative estimate of drug-likeness (QED) is 0.329. The van der Waals surface area contributed by atoms with Crippen LogP contribution in [0.25, 0.3) is 0 Å². The molecule has 39 heavy (non-hydrogen) atoms. The average molecular weight is 548 g/mol. The monoisotopic (exact) mass is 547 g/mol. The van der Waals surface area contributed by atoms with E-state index >= 15 is 0 Å². The van der Waals surface area contributed by atoms with Crippen LogP contribution < -0.4 is 15.0 Å². The second-order valence-electron chi connectivity index (χ2n) is 9.93. The molecule has 1 aliphatic carbocycles. The number of anilines is 1. The molecule has 1 N–H and O–H groups in total. The van der Waals surface area contributed by atoms with Crippen molar-refractivity contribution in [2.24, 2.45) is 0 Å². The minimum Gasteiger partial charge on any atom is -0.494 e. The fourth-order valence-corrected chi connectivity index (χ4v) is 4.98. The lowest BCUT2D eigenvalue weighted by Crippen LogP contribution is -2.61. The van der Waals surface area contributed by atoms with Crippen molar-refractivity contribution in [3.63, 3.8) is 0 Å². The van der Waals surface area contributed by atoms with Crippen LogP contribution in [0.3, 0.4) is 0 Å². The Morgan fingerprint density at radius 3 is 2.46 bits per heavy atom. The van der Waals surface area contributed by atoms with Crippen LogP contribution in [0.1, 0.15) is 30.4 Å². The summed E-state index contributed by atoms with van der Waals surface area (Å²) in [6, 6.07) is 24.6. The fraction of sp³-hybridized carbons (Fsp3) is 0.355. The number of hydrogen-bond acceptors (Lipinski definition) is 5. The molecule has 0 radical (unpaired) electrons. The number of carbonyl (C=O) groups excluding carboxylic acids is 2. The van der Waals surface area contributed by atoms with Gasteiger partial charge in [-0.2, -0.15) is 0 Å². The number of halogens is 1. The largest absolute Gasteiger partial charge is 0.494 e. The molecule has 1 saturated carbocycles. The van der Waals surface area contributed by atoms with Crippen molar-refractivity contribution < 1.29 is 19.1 Å². The van der Waals surface area contributed by atoms with Crippen molar-refractivity contribution in [2.75, 3.05) is 31.2 Å². The maximum atomic E-state index is 13.8. The van der Waals surface area contributed by atoms with Gasteiger partial charge in [-0.15, -0.1) is 0 Å². The normalized spacial score (nSPS) is 17.2. The van der Waals surface area contributed by atoms with Crippen molar-refractivity contribution in [2.45, 2.75) is 44.5 Å². The molecule has 0 unspecified atom stereocenters. The maximum Gasteiger partial charge on any atom is 0.247 e. The van der Waals surface area contributed by atoms with Gasteiger partial charge in [-0.25, -0.2) is 0 Å². The molecule has 2 fully saturated rings. The first-order valence-corrected chi connectivity index (χ1v) is 13.9. The number of carbonyl (C=O) groups is 2. The van der Waals surface area contributed by atoms with Crippen molar-refractivity contribution >= 4 is 29.1 Å². The standard InChI is InChI=1S/C31H34ClN3O4/c32-28-10-5-4-9-24(28)21-34(25-11-12-25)31(37)29-19-33-20-30(36)35(29)26-13-15-27(16-14-26)39-18-6-17-38-22-23-7-2-1-3-8-23/h1-5,7-10,13-16,25,29,33H,6,11-12,17-22H2/t29-/m1/s1. The smallest absolute Gasteiger partial charge is 0.247 e. The highest BCUT2D eigenvalue weighted by Crippen LogP contribution is 2.32. The van der Waals surface area contributed by atoms with Crippen LogP contribution in [0.5, 0.6) is 5.75 Å². The molecule has 2 amide bonds. The van der Waals surface area contributed by atoms with Gasteiger partial charge in [0.1, 0.15) is 11.8 Å². The SMILES string of the molecule is O=C([C@H]1CNCC(=O)N1c1ccc(OCCCOCc2ccccc2)cc1)N(Cc1ccccc1Cl)C1CC1. The van der Waals surface area contributed by atoms with E-state index in [9.17, 15) is 9.59 Å². The lowest BCUT2D eigenvalue weighted by Gasteiger charge is -2.38. The summed E-state index contributed by atoms with van der Waals surface area (Å²) >= 11 is 6.40. The Hall–Kier alpha value is -3.39. The van der Waals surface area contributed by atoms with Gasteiger partial charge in [0.2, 0.25) is 11.8 Å². The molecule has 1 atom stereocenters. The summed E-state index contributed by atoms with van der Waals surface area (Å²) in [4.78, 5) is 30.4. The first-order chi connectivity index (χ1) is 19.1. The van der Waals surface area contributed by atoms with Gasteiger partial charge in [0.25, 0.3) is 0 Å². The van der Waals surface area contributed by atoms with E-state index in [-0.39, 0.29) is 24.4 Å². The predicted octanol–water partition coefficient (Wildman–Crippen LogP) is 4.82. The summed E-state index contributed by atoms with van der Waals surface area (Å²) in [6.45, 7) is 2.75. The van der Waals surface area contributed by atoms with E-state index in [0.29, 0.717) is 49.4 Å². The number of nitrogens with zero attached hydrogens (tertiary/aromatic N) is 2. The van der Waals surface area contributed by atoms with Crippen LogP contribution in [0, 0.1) is 0 Å². The molecule has 0 spiro atoms. The summed E-state index contributed by atoms with van der Waals surface area (Å²) in [5, 5.41) is 3.76. The Bertz CT molecular complexity index is 1250. The molecule has 1 aliphatic heterocycles. The molecule has 204 valence electrons.